The predicted octanol–water partition coefficient (Wildman–Crippen LogP) is 2.00. The summed E-state index contributed by atoms with van der Waals surface area (Å²) in [6.45, 7) is 0. The minimum absolute atomic E-state index is 0.285. The molecule has 17 heavy (non-hydrogen) atoms. The Hall–Kier alpha value is -1.43. The summed E-state index contributed by atoms with van der Waals surface area (Å²) in [6.07, 6.45) is -0.111. The molecule has 0 bridgehead atoms. The topological polar surface area (TPSA) is 55.4 Å². The van der Waals surface area contributed by atoms with Crippen molar-refractivity contribution in [1.29, 1.82) is 0 Å². The van der Waals surface area contributed by atoms with Crippen molar-refractivity contribution >= 4 is 27.9 Å². The molecule has 1 N–H and O–H groups in total. The molecule has 1 aromatic carbocycles. The van der Waals surface area contributed by atoms with Crippen molar-refractivity contribution < 1.29 is 18.7 Å². The Balaban J connectivity index is 2.20. The molecule has 1 heterocycles. The van der Waals surface area contributed by atoms with Gasteiger partial charge in [0.05, 0.1) is 4.47 Å². The minimum atomic E-state index is -1.33. The monoisotopic (exact) mass is 299 g/mol. The van der Waals surface area contributed by atoms with E-state index in [1.807, 2.05) is 0 Å². The van der Waals surface area contributed by atoms with Crippen molar-refractivity contribution in [2.24, 2.45) is 0 Å². The number of ether oxygens (including phenoxy) is 1. The van der Waals surface area contributed by atoms with E-state index in [9.17, 15) is 14.0 Å². The van der Waals surface area contributed by atoms with Crippen molar-refractivity contribution in [1.82, 2.24) is 5.32 Å². The van der Waals surface area contributed by atoms with E-state index in [1.165, 1.54) is 6.07 Å². The highest BCUT2D eigenvalue weighted by Crippen LogP contribution is 2.44. The molecule has 1 atom stereocenters. The number of fused-ring (bicyclic) bond motifs is 2. The van der Waals surface area contributed by atoms with Crippen LogP contribution in [-0.2, 0) is 21.6 Å². The molecule has 1 saturated heterocycles. The normalized spacial score (nSPS) is 26.0. The third kappa shape index (κ3) is 1.27. The Morgan fingerprint density at radius 2 is 2.18 bits per heavy atom. The van der Waals surface area contributed by atoms with Crippen molar-refractivity contribution in [2.75, 3.05) is 0 Å². The van der Waals surface area contributed by atoms with E-state index in [0.717, 1.165) is 0 Å². The van der Waals surface area contributed by atoms with Crippen LogP contribution in [0, 0.1) is 5.82 Å². The minimum Gasteiger partial charge on any atom is -0.427 e. The van der Waals surface area contributed by atoms with Crippen LogP contribution < -0.4 is 5.32 Å². The number of amides is 2. The molecule has 1 fully saturated rings. The lowest BCUT2D eigenvalue weighted by atomic mass is 9.95. The van der Waals surface area contributed by atoms with Crippen molar-refractivity contribution in [3.63, 3.8) is 0 Å². The quantitative estimate of drug-likeness (QED) is 0.797. The first-order valence-electron chi connectivity index (χ1n) is 5.06. The smallest absolute Gasteiger partial charge is 0.415 e. The third-order valence-electron chi connectivity index (χ3n) is 3.21. The van der Waals surface area contributed by atoms with E-state index < -0.39 is 23.4 Å². The molecule has 0 radical (unpaired) electrons. The summed E-state index contributed by atoms with van der Waals surface area (Å²) in [5.41, 5.74) is -0.445. The van der Waals surface area contributed by atoms with Gasteiger partial charge in [-0.25, -0.2) is 9.18 Å². The van der Waals surface area contributed by atoms with Crippen LogP contribution in [0.1, 0.15) is 17.5 Å². The largest absolute Gasteiger partial charge is 0.427 e. The van der Waals surface area contributed by atoms with Gasteiger partial charge in [-0.1, -0.05) is 6.07 Å². The van der Waals surface area contributed by atoms with Gasteiger partial charge in [0, 0.05) is 12.0 Å². The van der Waals surface area contributed by atoms with E-state index >= 15 is 0 Å². The molecule has 4 nitrogen and oxygen atoms in total. The van der Waals surface area contributed by atoms with Crippen LogP contribution in [0.5, 0.6) is 0 Å². The first-order valence-corrected chi connectivity index (χ1v) is 5.86. The van der Waals surface area contributed by atoms with E-state index in [0.29, 0.717) is 22.0 Å². The van der Waals surface area contributed by atoms with Gasteiger partial charge >= 0.3 is 6.09 Å². The SMILES string of the molecule is O=C1NC(=O)[C@]2(CCc3c2ccc(Br)c3F)O1. The summed E-state index contributed by atoms with van der Waals surface area (Å²) in [4.78, 5) is 22.9. The summed E-state index contributed by atoms with van der Waals surface area (Å²) in [6, 6.07) is 3.13. The highest BCUT2D eigenvalue weighted by Gasteiger charge is 2.54. The lowest BCUT2D eigenvalue weighted by molar-refractivity contribution is -0.131. The van der Waals surface area contributed by atoms with Gasteiger partial charge in [-0.3, -0.25) is 10.1 Å². The second-order valence-electron chi connectivity index (χ2n) is 4.06. The third-order valence-corrected chi connectivity index (χ3v) is 3.82. The second kappa shape index (κ2) is 3.29. The molecule has 0 unspecified atom stereocenters. The highest BCUT2D eigenvalue weighted by atomic mass is 79.9. The van der Waals surface area contributed by atoms with Crippen LogP contribution in [0.3, 0.4) is 0 Å². The number of hydrogen-bond acceptors (Lipinski definition) is 3. The molecule has 1 aromatic rings. The number of imide groups is 1. The number of benzene rings is 1. The fourth-order valence-corrected chi connectivity index (χ4v) is 2.79. The summed E-state index contributed by atoms with van der Waals surface area (Å²) in [7, 11) is 0. The molecular formula is C11H7BrFNO3. The summed E-state index contributed by atoms with van der Waals surface area (Å²) >= 11 is 3.09. The molecule has 1 spiro atoms. The number of carbonyl (C=O) groups excluding carboxylic acids is 2. The Kier molecular flexibility index (Phi) is 2.07. The lowest BCUT2D eigenvalue weighted by Crippen LogP contribution is -2.34. The van der Waals surface area contributed by atoms with Gasteiger partial charge in [0.15, 0.2) is 0 Å². The van der Waals surface area contributed by atoms with E-state index in [2.05, 4.69) is 21.2 Å². The van der Waals surface area contributed by atoms with Crippen molar-refractivity contribution in [2.45, 2.75) is 18.4 Å². The Labute approximate surface area is 104 Å². The van der Waals surface area contributed by atoms with Gasteiger partial charge in [0.25, 0.3) is 5.91 Å². The van der Waals surface area contributed by atoms with Crippen LogP contribution >= 0.6 is 15.9 Å². The summed E-state index contributed by atoms with van der Waals surface area (Å²) < 4.78 is 19.3. The highest BCUT2D eigenvalue weighted by molar-refractivity contribution is 9.10. The number of halogens is 2. The number of rotatable bonds is 0. The number of carbonyl (C=O) groups is 2. The maximum absolute atomic E-state index is 13.8. The molecular weight excluding hydrogens is 293 g/mol. The Morgan fingerprint density at radius 3 is 2.82 bits per heavy atom. The zero-order valence-electron chi connectivity index (χ0n) is 8.55. The fraction of sp³-hybridized carbons (Fsp3) is 0.273. The second-order valence-corrected chi connectivity index (χ2v) is 4.91. The molecule has 2 amide bonds. The average molecular weight is 300 g/mol. The summed E-state index contributed by atoms with van der Waals surface area (Å²) in [5.74, 6) is -0.905. The first kappa shape index (κ1) is 10.7. The van der Waals surface area contributed by atoms with Crippen molar-refractivity contribution in [3.05, 3.63) is 33.5 Å². The van der Waals surface area contributed by atoms with Gasteiger partial charge < -0.3 is 4.74 Å². The Bertz CT molecular complexity index is 560. The number of hydrogen-bond donors (Lipinski definition) is 1. The molecule has 1 aliphatic heterocycles. The standard InChI is InChI=1S/C11H7BrFNO3/c12-7-2-1-6-5(8(7)13)3-4-11(6)9(15)14-10(16)17-11/h1-2H,3-4H2,(H,14,15,16)/t11-/m1/s1. The van der Waals surface area contributed by atoms with E-state index in [-0.39, 0.29) is 6.42 Å². The summed E-state index contributed by atoms with van der Waals surface area (Å²) in [5, 5.41) is 2.09. The van der Waals surface area contributed by atoms with E-state index in [1.54, 1.807) is 6.07 Å². The molecule has 6 heteroatoms. The Morgan fingerprint density at radius 1 is 1.41 bits per heavy atom. The van der Waals surface area contributed by atoms with Gasteiger partial charge in [0.2, 0.25) is 5.60 Å². The fourth-order valence-electron chi connectivity index (χ4n) is 2.42. The van der Waals surface area contributed by atoms with Gasteiger partial charge in [-0.05, 0) is 34.0 Å². The van der Waals surface area contributed by atoms with Crippen molar-refractivity contribution in [3.8, 4) is 0 Å². The molecule has 88 valence electrons. The predicted molar refractivity (Wildman–Crippen MR) is 58.7 cm³/mol. The van der Waals surface area contributed by atoms with Crippen LogP contribution in [-0.4, -0.2) is 12.0 Å². The van der Waals surface area contributed by atoms with Gasteiger partial charge in [-0.2, -0.15) is 0 Å². The van der Waals surface area contributed by atoms with Gasteiger partial charge in [-0.15, -0.1) is 0 Å². The maximum atomic E-state index is 13.8. The van der Waals surface area contributed by atoms with Crippen LogP contribution in [0.15, 0.2) is 16.6 Å². The lowest BCUT2D eigenvalue weighted by Gasteiger charge is -2.19. The molecule has 1 aliphatic carbocycles. The molecule has 3 rings (SSSR count). The first-order chi connectivity index (χ1) is 8.04. The van der Waals surface area contributed by atoms with Crippen LogP contribution in [0.25, 0.3) is 0 Å². The number of alkyl carbamates (subject to hydrolysis) is 1. The van der Waals surface area contributed by atoms with Crippen LogP contribution in [0.4, 0.5) is 9.18 Å². The number of nitrogens with one attached hydrogen (secondary N) is 1. The molecule has 2 aliphatic rings. The molecule has 0 aromatic heterocycles. The molecule has 0 saturated carbocycles. The maximum Gasteiger partial charge on any atom is 0.415 e. The van der Waals surface area contributed by atoms with Crippen LogP contribution in [0.2, 0.25) is 0 Å². The zero-order chi connectivity index (χ0) is 12.2. The van der Waals surface area contributed by atoms with Gasteiger partial charge in [0.1, 0.15) is 5.82 Å². The zero-order valence-corrected chi connectivity index (χ0v) is 10.1. The van der Waals surface area contributed by atoms with E-state index in [4.69, 9.17) is 4.74 Å². The average Bonchev–Trinajstić information content (AvgIpc) is 2.77.